The third kappa shape index (κ3) is 7.72. The van der Waals surface area contributed by atoms with Gasteiger partial charge < -0.3 is 10.6 Å². The second kappa shape index (κ2) is 7.89. The summed E-state index contributed by atoms with van der Waals surface area (Å²) in [6, 6.07) is 0.559. The van der Waals surface area contributed by atoms with Crippen molar-refractivity contribution in [3.8, 4) is 0 Å². The minimum absolute atomic E-state index is 0.103. The lowest BCUT2D eigenvalue weighted by atomic mass is 9.82. The van der Waals surface area contributed by atoms with Crippen LogP contribution in [0.3, 0.4) is 0 Å². The lowest BCUT2D eigenvalue weighted by Gasteiger charge is -2.37. The Hall–Kier alpha value is -1.18. The minimum Gasteiger partial charge on any atom is -0.369 e. The van der Waals surface area contributed by atoms with Crippen molar-refractivity contribution >= 4 is 0 Å². The molecule has 0 aromatic heterocycles. The van der Waals surface area contributed by atoms with Crippen LogP contribution >= 0.6 is 0 Å². The molecule has 0 aromatic rings. The molecule has 22 heavy (non-hydrogen) atoms. The first-order valence-electron chi connectivity index (χ1n) is 8.27. The Morgan fingerprint density at radius 1 is 0.864 bits per heavy atom. The highest BCUT2D eigenvalue weighted by Gasteiger charge is 2.28. The molecule has 128 valence electrons. The Balaban J connectivity index is 4.88. The van der Waals surface area contributed by atoms with Crippen molar-refractivity contribution in [3.05, 3.63) is 36.7 Å². The van der Waals surface area contributed by atoms with Crippen molar-refractivity contribution in [1.29, 1.82) is 0 Å². The largest absolute Gasteiger partial charge is 0.369 e. The van der Waals surface area contributed by atoms with Gasteiger partial charge in [0.2, 0.25) is 0 Å². The lowest BCUT2D eigenvalue weighted by molar-refractivity contribution is 0.254. The minimum atomic E-state index is 0.103. The zero-order valence-corrected chi connectivity index (χ0v) is 16.2. The number of hydrogen-bond donors (Lipinski definition) is 2. The molecule has 0 heterocycles. The normalized spacial score (nSPS) is 14.9. The number of rotatable bonds is 8. The van der Waals surface area contributed by atoms with E-state index in [0.29, 0.717) is 6.04 Å². The molecule has 0 aliphatic heterocycles. The zero-order chi connectivity index (χ0) is 17.7. The molecule has 0 aliphatic carbocycles. The Morgan fingerprint density at radius 3 is 1.68 bits per heavy atom. The molecule has 2 unspecified atom stereocenters. The summed E-state index contributed by atoms with van der Waals surface area (Å²) >= 11 is 0. The Kier molecular flexibility index (Phi) is 7.47. The first-order valence-corrected chi connectivity index (χ1v) is 8.27. The van der Waals surface area contributed by atoms with Crippen LogP contribution in [-0.4, -0.2) is 12.1 Å². The average molecular weight is 307 g/mol. The summed E-state index contributed by atoms with van der Waals surface area (Å²) < 4.78 is 0. The zero-order valence-electron chi connectivity index (χ0n) is 16.2. The standard InChI is InChI=1S/C20H38N2/c1-14(2)12-13-17(19(6,7)8)21-16(5)22-18(15(3)4)20(9,10)11/h17-18,21-22H,1,3,5,12-13H2,2,4,6-11H3. The van der Waals surface area contributed by atoms with Gasteiger partial charge in [-0.05, 0) is 37.5 Å². The summed E-state index contributed by atoms with van der Waals surface area (Å²) in [6.07, 6.45) is 2.10. The maximum atomic E-state index is 4.19. The van der Waals surface area contributed by atoms with Crippen LogP contribution in [0, 0.1) is 10.8 Å². The highest BCUT2D eigenvalue weighted by Crippen LogP contribution is 2.27. The van der Waals surface area contributed by atoms with E-state index in [9.17, 15) is 0 Å². The third-order valence-electron chi connectivity index (χ3n) is 3.93. The maximum absolute atomic E-state index is 4.19. The van der Waals surface area contributed by atoms with E-state index >= 15 is 0 Å². The summed E-state index contributed by atoms with van der Waals surface area (Å²) in [5, 5.41) is 7.10. The number of hydrogen-bond acceptors (Lipinski definition) is 2. The molecule has 2 N–H and O–H groups in total. The first kappa shape index (κ1) is 20.8. The molecule has 0 bridgehead atoms. The van der Waals surface area contributed by atoms with Crippen LogP contribution in [0.5, 0.6) is 0 Å². The van der Waals surface area contributed by atoms with Gasteiger partial charge in [0, 0.05) is 6.04 Å². The molecule has 2 nitrogen and oxygen atoms in total. The first-order chi connectivity index (χ1) is 9.75. The van der Waals surface area contributed by atoms with Crippen LogP contribution in [0.15, 0.2) is 36.7 Å². The maximum Gasteiger partial charge on any atom is 0.0919 e. The highest BCUT2D eigenvalue weighted by atomic mass is 15.1. The van der Waals surface area contributed by atoms with Crippen molar-refractivity contribution in [3.63, 3.8) is 0 Å². The monoisotopic (exact) mass is 306 g/mol. The lowest BCUT2D eigenvalue weighted by Crippen LogP contribution is -2.48. The van der Waals surface area contributed by atoms with Crippen molar-refractivity contribution in [1.82, 2.24) is 10.6 Å². The predicted octanol–water partition coefficient (Wildman–Crippen LogP) is 5.40. The third-order valence-corrected chi connectivity index (χ3v) is 3.93. The van der Waals surface area contributed by atoms with Crippen molar-refractivity contribution in [2.24, 2.45) is 10.8 Å². The fourth-order valence-corrected chi connectivity index (χ4v) is 2.62. The van der Waals surface area contributed by atoms with Gasteiger partial charge in [-0.2, -0.15) is 0 Å². The summed E-state index contributed by atoms with van der Waals surface area (Å²) in [7, 11) is 0. The molecule has 0 fully saturated rings. The van der Waals surface area contributed by atoms with Gasteiger partial charge in [-0.15, -0.1) is 6.58 Å². The molecule has 0 aromatic carbocycles. The van der Waals surface area contributed by atoms with Gasteiger partial charge in [-0.3, -0.25) is 0 Å². The van der Waals surface area contributed by atoms with E-state index in [1.165, 1.54) is 5.57 Å². The van der Waals surface area contributed by atoms with Crippen LogP contribution < -0.4 is 10.6 Å². The molecular formula is C20H38N2. The smallest absolute Gasteiger partial charge is 0.0919 e. The van der Waals surface area contributed by atoms with Crippen molar-refractivity contribution in [2.45, 2.75) is 80.3 Å². The van der Waals surface area contributed by atoms with Gasteiger partial charge in [0.25, 0.3) is 0 Å². The Bertz CT molecular complexity index is 404. The van der Waals surface area contributed by atoms with Gasteiger partial charge in [-0.1, -0.05) is 65.8 Å². The number of nitrogens with one attached hydrogen (secondary N) is 2. The van der Waals surface area contributed by atoms with E-state index in [1.54, 1.807) is 0 Å². The highest BCUT2D eigenvalue weighted by molar-refractivity contribution is 5.11. The fraction of sp³-hybridized carbons (Fsp3) is 0.700. The van der Waals surface area contributed by atoms with Crippen molar-refractivity contribution < 1.29 is 0 Å². The summed E-state index contributed by atoms with van der Waals surface area (Å²) in [4.78, 5) is 0. The van der Waals surface area contributed by atoms with Crippen LogP contribution in [0.4, 0.5) is 0 Å². The van der Waals surface area contributed by atoms with E-state index < -0.39 is 0 Å². The topological polar surface area (TPSA) is 24.1 Å². The molecule has 0 spiro atoms. The van der Waals surface area contributed by atoms with Gasteiger partial charge in [0.05, 0.1) is 11.9 Å². The van der Waals surface area contributed by atoms with Gasteiger partial charge >= 0.3 is 0 Å². The molecule has 2 atom stereocenters. The van der Waals surface area contributed by atoms with E-state index in [0.717, 1.165) is 24.2 Å². The average Bonchev–Trinajstić information content (AvgIpc) is 2.27. The van der Waals surface area contributed by atoms with Crippen LogP contribution in [0.2, 0.25) is 0 Å². The molecular weight excluding hydrogens is 268 g/mol. The summed E-state index contributed by atoms with van der Waals surface area (Å²) in [6.45, 7) is 29.9. The van der Waals surface area contributed by atoms with Gasteiger partial charge in [0.1, 0.15) is 0 Å². The molecule has 0 saturated heterocycles. The number of allylic oxidation sites excluding steroid dienone is 1. The molecule has 0 radical (unpaired) electrons. The SMILES string of the molecule is C=C(C)CCC(NC(=C)NC(C(=C)C)C(C)(C)C)C(C)(C)C. The van der Waals surface area contributed by atoms with Crippen LogP contribution in [0.25, 0.3) is 0 Å². The predicted molar refractivity (Wildman–Crippen MR) is 101 cm³/mol. The van der Waals surface area contributed by atoms with Crippen molar-refractivity contribution in [2.75, 3.05) is 0 Å². The molecule has 0 saturated carbocycles. The van der Waals surface area contributed by atoms with Crippen LogP contribution in [-0.2, 0) is 0 Å². The van der Waals surface area contributed by atoms with E-state index in [2.05, 4.69) is 85.8 Å². The second-order valence-electron chi connectivity index (χ2n) is 8.83. The fourth-order valence-electron chi connectivity index (χ4n) is 2.62. The van der Waals surface area contributed by atoms with E-state index in [4.69, 9.17) is 0 Å². The van der Waals surface area contributed by atoms with Gasteiger partial charge in [0.15, 0.2) is 0 Å². The van der Waals surface area contributed by atoms with Gasteiger partial charge in [-0.25, -0.2) is 0 Å². The van der Waals surface area contributed by atoms with E-state index in [1.807, 2.05) is 0 Å². The Labute approximate surface area is 139 Å². The molecule has 0 amide bonds. The van der Waals surface area contributed by atoms with E-state index in [-0.39, 0.29) is 16.9 Å². The molecule has 0 aliphatic rings. The summed E-state index contributed by atoms with van der Waals surface area (Å²) in [5.41, 5.74) is 2.63. The molecule has 2 heteroatoms. The molecule has 0 rings (SSSR count). The Morgan fingerprint density at radius 2 is 1.36 bits per heavy atom. The quantitative estimate of drug-likeness (QED) is 0.587. The second-order valence-corrected chi connectivity index (χ2v) is 8.83. The van der Waals surface area contributed by atoms with Crippen LogP contribution in [0.1, 0.15) is 68.2 Å². The summed E-state index contributed by atoms with van der Waals surface area (Å²) in [5.74, 6) is 0.879.